The Balaban J connectivity index is 2.99. The number of carbonyl (C=O) groups is 1. The Kier molecular flexibility index (Phi) is 8.99. The van der Waals surface area contributed by atoms with Gasteiger partial charge in [-0.2, -0.15) is 8.42 Å². The van der Waals surface area contributed by atoms with Gasteiger partial charge < -0.3 is 14.2 Å². The van der Waals surface area contributed by atoms with Crippen LogP contribution in [0.2, 0.25) is 0 Å². The molecule has 26 heavy (non-hydrogen) atoms. The normalized spacial score (nSPS) is 10.6. The largest absolute Gasteiger partial charge is 0.490 e. The molecule has 0 aliphatic rings. The van der Waals surface area contributed by atoms with Crippen LogP contribution in [0.4, 0.5) is 0 Å². The highest BCUT2D eigenvalue weighted by atomic mass is 32.2. The van der Waals surface area contributed by atoms with Crippen LogP contribution in [-0.2, 0) is 20.0 Å². The molecule has 0 unspecified atom stereocenters. The maximum absolute atomic E-state index is 11.8. The molecule has 142 valence electrons. The highest BCUT2D eigenvalue weighted by Gasteiger charge is 2.11. The van der Waals surface area contributed by atoms with E-state index in [1.807, 2.05) is 20.8 Å². The van der Waals surface area contributed by atoms with Crippen molar-refractivity contribution in [2.75, 3.05) is 33.5 Å². The van der Waals surface area contributed by atoms with Crippen LogP contribution in [-0.4, -0.2) is 47.9 Å². The molecule has 0 aliphatic heterocycles. The molecule has 0 bridgehead atoms. The lowest BCUT2D eigenvalue weighted by Gasteiger charge is -2.11. The van der Waals surface area contributed by atoms with E-state index in [1.165, 1.54) is 12.1 Å². The van der Waals surface area contributed by atoms with E-state index < -0.39 is 16.4 Å². The molecular weight excluding hydrogens is 358 g/mol. The summed E-state index contributed by atoms with van der Waals surface area (Å²) < 4.78 is 40.0. The highest BCUT2D eigenvalue weighted by molar-refractivity contribution is 7.62. The Morgan fingerprint density at radius 1 is 1.15 bits per heavy atom. The SMILES string of the molecule is COCCOCCOc1cc(C(=O)N=S(=O)=O)ccc1C#CC(C)(C)C. The van der Waals surface area contributed by atoms with Gasteiger partial charge in [0, 0.05) is 18.1 Å². The molecule has 0 aromatic heterocycles. The van der Waals surface area contributed by atoms with Crippen LogP contribution in [0.5, 0.6) is 5.75 Å². The lowest BCUT2D eigenvalue weighted by atomic mass is 9.97. The molecule has 1 aromatic rings. The zero-order valence-corrected chi connectivity index (χ0v) is 16.2. The first kappa shape index (κ1) is 21.8. The van der Waals surface area contributed by atoms with E-state index in [2.05, 4.69) is 16.2 Å². The van der Waals surface area contributed by atoms with Gasteiger partial charge in [-0.25, -0.2) is 0 Å². The Morgan fingerprint density at radius 3 is 2.46 bits per heavy atom. The first-order valence-corrected chi connectivity index (χ1v) is 8.98. The van der Waals surface area contributed by atoms with Crippen LogP contribution in [0.15, 0.2) is 22.6 Å². The van der Waals surface area contributed by atoms with Crippen LogP contribution in [0, 0.1) is 17.3 Å². The third kappa shape index (κ3) is 8.76. The second kappa shape index (κ2) is 10.7. The average Bonchev–Trinajstić information content (AvgIpc) is 2.55. The third-order valence-corrected chi connectivity index (χ3v) is 3.19. The molecular formula is C18H23NO6S. The summed E-state index contributed by atoms with van der Waals surface area (Å²) in [4.78, 5) is 11.8. The van der Waals surface area contributed by atoms with E-state index >= 15 is 0 Å². The van der Waals surface area contributed by atoms with Gasteiger partial charge >= 0.3 is 10.5 Å². The summed E-state index contributed by atoms with van der Waals surface area (Å²) in [6, 6.07) is 4.50. The van der Waals surface area contributed by atoms with Crippen molar-refractivity contribution < 1.29 is 27.4 Å². The van der Waals surface area contributed by atoms with Gasteiger partial charge in [0.1, 0.15) is 12.4 Å². The van der Waals surface area contributed by atoms with Gasteiger partial charge in [0.05, 0.1) is 25.4 Å². The van der Waals surface area contributed by atoms with Crippen molar-refractivity contribution in [1.82, 2.24) is 0 Å². The number of benzene rings is 1. The molecule has 0 heterocycles. The van der Waals surface area contributed by atoms with Crippen LogP contribution in [0.3, 0.4) is 0 Å². The predicted molar refractivity (Wildman–Crippen MR) is 96.6 cm³/mol. The number of carbonyl (C=O) groups excluding carboxylic acids is 1. The Morgan fingerprint density at radius 2 is 1.85 bits per heavy atom. The van der Waals surface area contributed by atoms with Crippen LogP contribution < -0.4 is 4.74 Å². The number of hydrogen-bond donors (Lipinski definition) is 0. The van der Waals surface area contributed by atoms with Crippen molar-refractivity contribution in [2.24, 2.45) is 9.78 Å². The number of hydrogen-bond acceptors (Lipinski definition) is 6. The Bertz CT molecular complexity index is 804. The van der Waals surface area contributed by atoms with E-state index in [4.69, 9.17) is 14.2 Å². The summed E-state index contributed by atoms with van der Waals surface area (Å²) >= 11 is 0. The van der Waals surface area contributed by atoms with E-state index in [9.17, 15) is 13.2 Å². The van der Waals surface area contributed by atoms with Gasteiger partial charge in [-0.15, -0.1) is 0 Å². The Hall–Kier alpha value is -2.21. The maximum Gasteiger partial charge on any atom is 0.319 e. The number of methoxy groups -OCH3 is 1. The minimum Gasteiger partial charge on any atom is -0.490 e. The molecule has 0 saturated carbocycles. The molecule has 0 aliphatic carbocycles. The summed E-state index contributed by atoms with van der Waals surface area (Å²) in [5.41, 5.74) is 0.492. The average molecular weight is 381 g/mol. The van der Waals surface area contributed by atoms with Gasteiger partial charge in [-0.05, 0) is 39.0 Å². The number of ether oxygens (including phenoxy) is 3. The minimum absolute atomic E-state index is 0.103. The molecule has 0 atom stereocenters. The van der Waals surface area contributed by atoms with Crippen molar-refractivity contribution in [3.8, 4) is 17.6 Å². The van der Waals surface area contributed by atoms with E-state index in [0.29, 0.717) is 31.1 Å². The zero-order valence-electron chi connectivity index (χ0n) is 15.4. The molecule has 8 heteroatoms. The van der Waals surface area contributed by atoms with Crippen LogP contribution in [0.25, 0.3) is 0 Å². The molecule has 1 aromatic carbocycles. The van der Waals surface area contributed by atoms with Crippen molar-refractivity contribution in [3.63, 3.8) is 0 Å². The standard InChI is InChI=1S/C18H23NO6S/c1-18(2,3)8-7-14-5-6-15(17(20)19-26(21)22)13-16(14)25-12-11-24-10-9-23-4/h5-6,13H,9-12H2,1-4H3. The predicted octanol–water partition coefficient (Wildman–Crippen LogP) is 2.33. The molecule has 1 amide bonds. The van der Waals surface area contributed by atoms with Crippen molar-refractivity contribution in [3.05, 3.63) is 29.3 Å². The van der Waals surface area contributed by atoms with Gasteiger partial charge in [0.15, 0.2) is 0 Å². The van der Waals surface area contributed by atoms with Gasteiger partial charge in [0.2, 0.25) is 0 Å². The van der Waals surface area contributed by atoms with Crippen LogP contribution >= 0.6 is 0 Å². The van der Waals surface area contributed by atoms with E-state index in [-0.39, 0.29) is 17.6 Å². The van der Waals surface area contributed by atoms with Gasteiger partial charge in [0.25, 0.3) is 5.91 Å². The summed E-state index contributed by atoms with van der Waals surface area (Å²) in [5.74, 6) is 5.62. The quantitative estimate of drug-likeness (QED) is 0.507. The van der Waals surface area contributed by atoms with Gasteiger partial charge in [-0.3, -0.25) is 4.79 Å². The summed E-state index contributed by atoms with van der Waals surface area (Å²) in [5, 5.41) is 0. The topological polar surface area (TPSA) is 91.3 Å². The molecule has 0 fully saturated rings. The first-order valence-electron chi connectivity index (χ1n) is 7.95. The number of nitrogens with zero attached hydrogens (tertiary/aromatic N) is 1. The fraction of sp³-hybridized carbons (Fsp3) is 0.500. The minimum atomic E-state index is -2.81. The number of amides is 1. The highest BCUT2D eigenvalue weighted by Crippen LogP contribution is 2.21. The lowest BCUT2D eigenvalue weighted by Crippen LogP contribution is -2.11. The fourth-order valence-corrected chi connectivity index (χ4v) is 1.95. The lowest BCUT2D eigenvalue weighted by molar-refractivity contribution is 0.0543. The summed E-state index contributed by atoms with van der Waals surface area (Å²) in [6.45, 7) is 7.45. The zero-order chi connectivity index (χ0) is 19.6. The Labute approximate surface area is 155 Å². The third-order valence-electron chi connectivity index (χ3n) is 2.88. The van der Waals surface area contributed by atoms with E-state index in [1.54, 1.807) is 13.2 Å². The molecule has 7 nitrogen and oxygen atoms in total. The monoisotopic (exact) mass is 381 g/mol. The first-order chi connectivity index (χ1) is 12.2. The second-order valence-corrected chi connectivity index (χ2v) is 6.89. The summed E-state index contributed by atoms with van der Waals surface area (Å²) in [6.07, 6.45) is 0. The molecule has 0 N–H and O–H groups in total. The molecule has 0 spiro atoms. The number of rotatable bonds is 8. The van der Waals surface area contributed by atoms with Crippen molar-refractivity contribution in [1.29, 1.82) is 0 Å². The van der Waals surface area contributed by atoms with E-state index in [0.717, 1.165) is 0 Å². The maximum atomic E-state index is 11.8. The second-order valence-electron chi connectivity index (χ2n) is 6.28. The summed E-state index contributed by atoms with van der Waals surface area (Å²) in [7, 11) is -1.22. The van der Waals surface area contributed by atoms with Crippen LogP contribution in [0.1, 0.15) is 36.7 Å². The molecule has 1 rings (SSSR count). The van der Waals surface area contributed by atoms with Crippen molar-refractivity contribution >= 4 is 16.4 Å². The smallest absolute Gasteiger partial charge is 0.319 e. The fourth-order valence-electron chi connectivity index (χ4n) is 1.71. The van der Waals surface area contributed by atoms with Gasteiger partial charge in [-0.1, -0.05) is 16.2 Å². The molecule has 0 saturated heterocycles. The molecule has 0 radical (unpaired) electrons. The van der Waals surface area contributed by atoms with Crippen molar-refractivity contribution in [2.45, 2.75) is 20.8 Å².